The Morgan fingerprint density at radius 1 is 1.00 bits per heavy atom. The fraction of sp³-hybridized carbons (Fsp3) is 0.231. The fourth-order valence-electron chi connectivity index (χ4n) is 1.99. The number of fused-ring (bicyclic) bond motifs is 1. The van der Waals surface area contributed by atoms with Crippen LogP contribution in [0.2, 0.25) is 0 Å². The van der Waals surface area contributed by atoms with Crippen LogP contribution in [0.4, 0.5) is 0 Å². The number of hydrogen-bond acceptors (Lipinski definition) is 2. The summed E-state index contributed by atoms with van der Waals surface area (Å²) in [5, 5.41) is 0. The van der Waals surface area contributed by atoms with Crippen molar-refractivity contribution in [2.75, 3.05) is 5.88 Å². The molecule has 0 aromatic heterocycles. The molecule has 1 aromatic rings. The highest BCUT2D eigenvalue weighted by Crippen LogP contribution is 2.28. The monoisotopic (exact) mass is 234 g/mol. The molecule has 0 amide bonds. The highest BCUT2D eigenvalue weighted by molar-refractivity contribution is 6.32. The summed E-state index contributed by atoms with van der Waals surface area (Å²) < 4.78 is 0. The average Bonchev–Trinajstić information content (AvgIpc) is 2.33. The standard InChI is InChI=1S/C13H11ClO2/c1-2-8-11(7-14)13(16)10-6-4-3-5-9(10)12(8)15/h3-6H,2,7H2,1H3. The van der Waals surface area contributed by atoms with Gasteiger partial charge in [0.25, 0.3) is 0 Å². The van der Waals surface area contributed by atoms with Crippen molar-refractivity contribution in [3.8, 4) is 0 Å². The molecule has 0 bridgehead atoms. The van der Waals surface area contributed by atoms with Crippen molar-refractivity contribution in [3.05, 3.63) is 46.5 Å². The molecule has 0 radical (unpaired) electrons. The van der Waals surface area contributed by atoms with Crippen LogP contribution in [-0.2, 0) is 0 Å². The summed E-state index contributed by atoms with van der Waals surface area (Å²) in [6, 6.07) is 6.89. The number of Topliss-reactive ketones (excluding diaryl/α,β-unsaturated/α-hetero) is 2. The van der Waals surface area contributed by atoms with E-state index in [1.54, 1.807) is 24.3 Å². The molecule has 1 aliphatic carbocycles. The number of benzene rings is 1. The van der Waals surface area contributed by atoms with Crippen molar-refractivity contribution in [3.63, 3.8) is 0 Å². The zero-order valence-corrected chi connectivity index (χ0v) is 9.67. The lowest BCUT2D eigenvalue weighted by molar-refractivity contribution is 0.0973. The number of hydrogen-bond donors (Lipinski definition) is 0. The lowest BCUT2D eigenvalue weighted by atomic mass is 9.84. The van der Waals surface area contributed by atoms with Gasteiger partial charge in [-0.1, -0.05) is 31.2 Å². The van der Waals surface area contributed by atoms with Gasteiger partial charge in [0.05, 0.1) is 5.88 Å². The SMILES string of the molecule is CCC1=C(CCl)C(=O)c2ccccc2C1=O. The van der Waals surface area contributed by atoms with Crippen molar-refractivity contribution in [2.45, 2.75) is 13.3 Å². The zero-order chi connectivity index (χ0) is 11.7. The minimum atomic E-state index is -0.109. The summed E-state index contributed by atoms with van der Waals surface area (Å²) in [6.45, 7) is 1.86. The van der Waals surface area contributed by atoms with E-state index in [1.807, 2.05) is 6.92 Å². The van der Waals surface area contributed by atoms with Gasteiger partial charge in [0.15, 0.2) is 11.6 Å². The van der Waals surface area contributed by atoms with E-state index in [4.69, 9.17) is 11.6 Å². The molecule has 1 aromatic carbocycles. The molecule has 0 saturated carbocycles. The van der Waals surface area contributed by atoms with Crippen molar-refractivity contribution in [1.29, 1.82) is 0 Å². The first-order chi connectivity index (χ1) is 7.70. The van der Waals surface area contributed by atoms with Gasteiger partial charge in [-0.15, -0.1) is 11.6 Å². The molecule has 0 atom stereocenters. The van der Waals surface area contributed by atoms with Gasteiger partial charge in [0.1, 0.15) is 0 Å². The quantitative estimate of drug-likeness (QED) is 0.738. The van der Waals surface area contributed by atoms with Crippen LogP contribution >= 0.6 is 11.6 Å². The van der Waals surface area contributed by atoms with Gasteiger partial charge in [0, 0.05) is 22.3 Å². The third-order valence-corrected chi connectivity index (χ3v) is 3.08. The van der Waals surface area contributed by atoms with E-state index in [9.17, 15) is 9.59 Å². The number of alkyl halides is 1. The summed E-state index contributed by atoms with van der Waals surface area (Å²) in [4.78, 5) is 24.2. The molecular formula is C13H11ClO2. The molecule has 0 aliphatic heterocycles. The molecule has 0 fully saturated rings. The Labute approximate surface area is 98.9 Å². The Morgan fingerprint density at radius 2 is 1.50 bits per heavy atom. The van der Waals surface area contributed by atoms with E-state index in [1.165, 1.54) is 0 Å². The molecule has 0 spiro atoms. The molecule has 16 heavy (non-hydrogen) atoms. The van der Waals surface area contributed by atoms with Gasteiger partial charge in [-0.25, -0.2) is 0 Å². The number of ketones is 2. The second kappa shape index (κ2) is 4.22. The fourth-order valence-corrected chi connectivity index (χ4v) is 2.28. The van der Waals surface area contributed by atoms with Gasteiger partial charge >= 0.3 is 0 Å². The third-order valence-electron chi connectivity index (χ3n) is 2.82. The minimum absolute atomic E-state index is 0.0617. The van der Waals surface area contributed by atoms with Crippen LogP contribution in [0.5, 0.6) is 0 Å². The van der Waals surface area contributed by atoms with Gasteiger partial charge in [-0.2, -0.15) is 0 Å². The van der Waals surface area contributed by atoms with E-state index in [0.29, 0.717) is 28.7 Å². The topological polar surface area (TPSA) is 34.1 Å². The molecule has 3 heteroatoms. The first kappa shape index (κ1) is 11.1. The molecule has 2 nitrogen and oxygen atoms in total. The maximum absolute atomic E-state index is 12.1. The summed E-state index contributed by atoms with van der Waals surface area (Å²) in [5.41, 5.74) is 1.98. The summed E-state index contributed by atoms with van der Waals surface area (Å²) >= 11 is 5.75. The highest BCUT2D eigenvalue weighted by atomic mass is 35.5. The molecule has 2 rings (SSSR count). The number of carbonyl (C=O) groups is 2. The van der Waals surface area contributed by atoms with Crippen molar-refractivity contribution in [1.82, 2.24) is 0 Å². The highest BCUT2D eigenvalue weighted by Gasteiger charge is 2.29. The Hall–Kier alpha value is -1.41. The largest absolute Gasteiger partial charge is 0.289 e. The summed E-state index contributed by atoms with van der Waals surface area (Å²) in [7, 11) is 0. The van der Waals surface area contributed by atoms with E-state index in [-0.39, 0.29) is 17.4 Å². The predicted molar refractivity (Wildman–Crippen MR) is 63.1 cm³/mol. The number of carbonyl (C=O) groups excluding carboxylic acids is 2. The van der Waals surface area contributed by atoms with E-state index < -0.39 is 0 Å². The molecule has 1 aliphatic rings. The second-order valence-corrected chi connectivity index (χ2v) is 3.92. The maximum atomic E-state index is 12.1. The average molecular weight is 235 g/mol. The normalized spacial score (nSPS) is 15.4. The van der Waals surface area contributed by atoms with Crippen LogP contribution in [0.15, 0.2) is 35.4 Å². The van der Waals surface area contributed by atoms with E-state index in [2.05, 4.69) is 0 Å². The van der Waals surface area contributed by atoms with E-state index >= 15 is 0 Å². The molecular weight excluding hydrogens is 224 g/mol. The van der Waals surface area contributed by atoms with Gasteiger partial charge in [-0.05, 0) is 6.42 Å². The van der Waals surface area contributed by atoms with Crippen LogP contribution in [0.3, 0.4) is 0 Å². The molecule has 0 heterocycles. The molecule has 0 N–H and O–H groups in total. The van der Waals surface area contributed by atoms with Crippen LogP contribution in [0, 0.1) is 0 Å². The van der Waals surface area contributed by atoms with Crippen LogP contribution in [0.1, 0.15) is 34.1 Å². The van der Waals surface area contributed by atoms with Gasteiger partial charge in [-0.3, -0.25) is 9.59 Å². The Bertz CT molecular complexity index is 455. The lowest BCUT2D eigenvalue weighted by Crippen LogP contribution is -2.22. The molecule has 0 saturated heterocycles. The van der Waals surface area contributed by atoms with Gasteiger partial charge in [0.2, 0.25) is 0 Å². The smallest absolute Gasteiger partial charge is 0.191 e. The summed E-state index contributed by atoms with van der Waals surface area (Å²) in [5.74, 6) is -0.0716. The Balaban J connectivity index is 2.67. The minimum Gasteiger partial charge on any atom is -0.289 e. The van der Waals surface area contributed by atoms with Crippen molar-refractivity contribution < 1.29 is 9.59 Å². The zero-order valence-electron chi connectivity index (χ0n) is 8.92. The Kier molecular flexibility index (Phi) is 2.92. The number of halogens is 1. The predicted octanol–water partition coefficient (Wildman–Crippen LogP) is 3.01. The summed E-state index contributed by atoms with van der Waals surface area (Å²) in [6.07, 6.45) is 0.543. The maximum Gasteiger partial charge on any atom is 0.191 e. The van der Waals surface area contributed by atoms with Crippen molar-refractivity contribution in [2.24, 2.45) is 0 Å². The van der Waals surface area contributed by atoms with Crippen LogP contribution < -0.4 is 0 Å². The number of rotatable bonds is 2. The Morgan fingerprint density at radius 3 is 1.94 bits per heavy atom. The van der Waals surface area contributed by atoms with Crippen molar-refractivity contribution >= 4 is 23.2 Å². The second-order valence-electron chi connectivity index (χ2n) is 3.65. The molecule has 82 valence electrons. The van der Waals surface area contributed by atoms with Crippen LogP contribution in [-0.4, -0.2) is 17.4 Å². The first-order valence-corrected chi connectivity index (χ1v) is 5.70. The van der Waals surface area contributed by atoms with Crippen LogP contribution in [0.25, 0.3) is 0 Å². The number of allylic oxidation sites excluding steroid dienone is 2. The lowest BCUT2D eigenvalue weighted by Gasteiger charge is -2.18. The first-order valence-electron chi connectivity index (χ1n) is 5.17. The van der Waals surface area contributed by atoms with E-state index in [0.717, 1.165) is 0 Å². The third kappa shape index (κ3) is 1.50. The molecule has 0 unspecified atom stereocenters. The van der Waals surface area contributed by atoms with Gasteiger partial charge < -0.3 is 0 Å².